The molecule has 1 aliphatic heterocycles. The van der Waals surface area contributed by atoms with Crippen molar-refractivity contribution in [1.29, 1.82) is 0 Å². The van der Waals surface area contributed by atoms with Crippen LogP contribution in [0.5, 0.6) is 11.5 Å². The van der Waals surface area contributed by atoms with E-state index in [9.17, 15) is 18.4 Å². The Morgan fingerprint density at radius 3 is 2.45 bits per heavy atom. The van der Waals surface area contributed by atoms with Crippen molar-refractivity contribution >= 4 is 29.0 Å². The topological polar surface area (TPSA) is 67.9 Å². The minimum atomic E-state index is -0.884. The normalized spacial score (nSPS) is 13.4. The zero-order chi connectivity index (χ0) is 27.1. The minimum Gasteiger partial charge on any atom is -0.493 e. The Balaban J connectivity index is 1.36. The summed E-state index contributed by atoms with van der Waals surface area (Å²) in [6.45, 7) is 5.35. The Morgan fingerprint density at radius 2 is 1.71 bits per heavy atom. The SMILES string of the molecule is Cc1ccc(OCCCN2CCCC2)cc1NC(=O)COc1ccc(Cl)cc1C(=O)c1cc(F)cc(F)c1. The maximum atomic E-state index is 13.6. The van der Waals surface area contributed by atoms with Crippen LogP contribution in [0.2, 0.25) is 5.02 Å². The number of nitrogens with one attached hydrogen (secondary N) is 1. The molecule has 0 saturated carbocycles. The van der Waals surface area contributed by atoms with E-state index in [-0.39, 0.29) is 21.9 Å². The van der Waals surface area contributed by atoms with Gasteiger partial charge in [0.1, 0.15) is 23.1 Å². The van der Waals surface area contributed by atoms with Crippen LogP contribution in [0.4, 0.5) is 14.5 Å². The van der Waals surface area contributed by atoms with E-state index in [2.05, 4.69) is 10.2 Å². The van der Waals surface area contributed by atoms with Crippen LogP contribution in [0.15, 0.2) is 54.6 Å². The number of carbonyl (C=O) groups excluding carboxylic acids is 2. The fourth-order valence-corrected chi connectivity index (χ4v) is 4.46. The maximum absolute atomic E-state index is 13.6. The standard InChI is InChI=1S/C29H29ClF2N2O4/c1-19-5-7-24(37-12-4-11-34-9-2-3-10-34)17-26(19)33-28(35)18-38-27-8-6-21(30)15-25(27)29(36)20-13-22(31)16-23(32)14-20/h5-8,13-17H,2-4,9-12,18H2,1H3,(H,33,35). The zero-order valence-electron chi connectivity index (χ0n) is 21.1. The molecule has 1 heterocycles. The number of benzene rings is 3. The van der Waals surface area contributed by atoms with Crippen LogP contribution in [0.25, 0.3) is 0 Å². The number of anilines is 1. The lowest BCUT2D eigenvalue weighted by atomic mass is 10.0. The number of rotatable bonds is 11. The second-order valence-electron chi connectivity index (χ2n) is 9.19. The molecular weight excluding hydrogens is 514 g/mol. The number of aryl methyl sites for hydroxylation is 1. The Labute approximate surface area is 225 Å². The summed E-state index contributed by atoms with van der Waals surface area (Å²) in [7, 11) is 0. The van der Waals surface area contributed by atoms with E-state index in [0.29, 0.717) is 24.1 Å². The lowest BCUT2D eigenvalue weighted by Gasteiger charge is -2.15. The van der Waals surface area contributed by atoms with E-state index in [4.69, 9.17) is 21.1 Å². The number of likely N-dealkylation sites (tertiary alicyclic amines) is 1. The van der Waals surface area contributed by atoms with Crippen molar-refractivity contribution in [3.05, 3.63) is 87.9 Å². The van der Waals surface area contributed by atoms with Crippen molar-refractivity contribution < 1.29 is 27.8 Å². The molecule has 3 aromatic carbocycles. The quantitative estimate of drug-likeness (QED) is 0.236. The second-order valence-corrected chi connectivity index (χ2v) is 9.63. The molecule has 0 atom stereocenters. The number of hydrogen-bond donors (Lipinski definition) is 1. The number of carbonyl (C=O) groups is 2. The number of nitrogens with zero attached hydrogens (tertiary/aromatic N) is 1. The highest BCUT2D eigenvalue weighted by Gasteiger charge is 2.19. The van der Waals surface area contributed by atoms with Gasteiger partial charge in [-0.3, -0.25) is 9.59 Å². The van der Waals surface area contributed by atoms with Gasteiger partial charge in [0.25, 0.3) is 5.91 Å². The van der Waals surface area contributed by atoms with Crippen molar-refractivity contribution in [3.8, 4) is 11.5 Å². The molecule has 200 valence electrons. The Morgan fingerprint density at radius 1 is 0.974 bits per heavy atom. The van der Waals surface area contributed by atoms with E-state index in [0.717, 1.165) is 43.8 Å². The number of hydrogen-bond acceptors (Lipinski definition) is 5. The maximum Gasteiger partial charge on any atom is 0.262 e. The van der Waals surface area contributed by atoms with Crippen LogP contribution in [-0.4, -0.2) is 49.4 Å². The zero-order valence-corrected chi connectivity index (χ0v) is 21.8. The third-order valence-electron chi connectivity index (χ3n) is 6.24. The molecule has 0 bridgehead atoms. The van der Waals surface area contributed by atoms with Crippen LogP contribution in [0, 0.1) is 18.6 Å². The minimum absolute atomic E-state index is 0.0178. The van der Waals surface area contributed by atoms with Gasteiger partial charge in [-0.25, -0.2) is 8.78 Å². The third kappa shape index (κ3) is 7.52. The Kier molecular flexibility index (Phi) is 9.31. The number of halogens is 3. The van der Waals surface area contributed by atoms with Gasteiger partial charge in [-0.1, -0.05) is 17.7 Å². The van der Waals surface area contributed by atoms with E-state index < -0.39 is 29.9 Å². The van der Waals surface area contributed by atoms with Crippen molar-refractivity contribution in [2.45, 2.75) is 26.2 Å². The fourth-order valence-electron chi connectivity index (χ4n) is 4.29. The Bertz CT molecular complexity index is 1290. The largest absolute Gasteiger partial charge is 0.493 e. The van der Waals surface area contributed by atoms with Crippen LogP contribution >= 0.6 is 11.6 Å². The Hall–Kier alpha value is -3.49. The van der Waals surface area contributed by atoms with Gasteiger partial charge in [0.05, 0.1) is 12.2 Å². The number of amides is 1. The molecule has 4 rings (SSSR count). The highest BCUT2D eigenvalue weighted by molar-refractivity contribution is 6.31. The lowest BCUT2D eigenvalue weighted by Crippen LogP contribution is -2.22. The molecule has 1 amide bonds. The molecule has 0 aliphatic carbocycles. The first-order valence-corrected chi connectivity index (χ1v) is 12.8. The van der Waals surface area contributed by atoms with Gasteiger partial charge in [-0.15, -0.1) is 0 Å². The van der Waals surface area contributed by atoms with E-state index in [1.165, 1.54) is 31.0 Å². The average Bonchev–Trinajstić information content (AvgIpc) is 3.40. The first-order valence-electron chi connectivity index (χ1n) is 12.5. The molecule has 0 spiro atoms. The van der Waals surface area contributed by atoms with Crippen molar-refractivity contribution in [3.63, 3.8) is 0 Å². The summed E-state index contributed by atoms with van der Waals surface area (Å²) in [5, 5.41) is 3.03. The third-order valence-corrected chi connectivity index (χ3v) is 6.47. The van der Waals surface area contributed by atoms with Crippen molar-refractivity contribution in [1.82, 2.24) is 4.90 Å². The molecule has 0 unspecified atom stereocenters. The molecule has 1 saturated heterocycles. The monoisotopic (exact) mass is 542 g/mol. The van der Waals surface area contributed by atoms with Gasteiger partial charge in [-0.05, 0) is 81.2 Å². The molecular formula is C29H29ClF2N2O4. The molecule has 0 radical (unpaired) electrons. The molecule has 0 aromatic heterocycles. The summed E-state index contributed by atoms with van der Waals surface area (Å²) in [4.78, 5) is 28.0. The van der Waals surface area contributed by atoms with Gasteiger partial charge in [-0.2, -0.15) is 0 Å². The molecule has 1 fully saturated rings. The van der Waals surface area contributed by atoms with Crippen molar-refractivity contribution in [2.24, 2.45) is 0 Å². The highest BCUT2D eigenvalue weighted by atomic mass is 35.5. The first kappa shape index (κ1) is 27.5. The summed E-state index contributed by atoms with van der Waals surface area (Å²) >= 11 is 6.04. The summed E-state index contributed by atoms with van der Waals surface area (Å²) in [6, 6.07) is 12.3. The predicted molar refractivity (Wildman–Crippen MR) is 142 cm³/mol. The van der Waals surface area contributed by atoms with Crippen LogP contribution < -0.4 is 14.8 Å². The summed E-state index contributed by atoms with van der Waals surface area (Å²) in [6.07, 6.45) is 3.44. The summed E-state index contributed by atoms with van der Waals surface area (Å²) < 4.78 is 38.8. The molecule has 9 heteroatoms. The van der Waals surface area contributed by atoms with Gasteiger partial charge in [0, 0.05) is 35.0 Å². The molecule has 38 heavy (non-hydrogen) atoms. The van der Waals surface area contributed by atoms with E-state index in [1.54, 1.807) is 6.07 Å². The van der Waals surface area contributed by atoms with E-state index in [1.807, 2.05) is 19.1 Å². The number of ketones is 1. The molecule has 1 aliphatic rings. The lowest BCUT2D eigenvalue weighted by molar-refractivity contribution is -0.118. The summed E-state index contributed by atoms with van der Waals surface area (Å²) in [5.41, 5.74) is 1.21. The second kappa shape index (κ2) is 12.8. The molecule has 6 nitrogen and oxygen atoms in total. The fraction of sp³-hybridized carbons (Fsp3) is 0.310. The highest BCUT2D eigenvalue weighted by Crippen LogP contribution is 2.27. The van der Waals surface area contributed by atoms with Gasteiger partial charge >= 0.3 is 0 Å². The summed E-state index contributed by atoms with van der Waals surface area (Å²) in [5.74, 6) is -2.20. The molecule has 3 aromatic rings. The average molecular weight is 543 g/mol. The van der Waals surface area contributed by atoms with Gasteiger partial charge < -0.3 is 19.7 Å². The predicted octanol–water partition coefficient (Wildman–Crippen LogP) is 6.04. The van der Waals surface area contributed by atoms with Crippen LogP contribution in [0.3, 0.4) is 0 Å². The first-order chi connectivity index (χ1) is 18.3. The molecule has 1 N–H and O–H groups in total. The van der Waals surface area contributed by atoms with Gasteiger partial charge in [0.15, 0.2) is 12.4 Å². The van der Waals surface area contributed by atoms with Crippen LogP contribution in [0.1, 0.15) is 40.7 Å². The van der Waals surface area contributed by atoms with Crippen LogP contribution in [-0.2, 0) is 4.79 Å². The van der Waals surface area contributed by atoms with Crippen molar-refractivity contribution in [2.75, 3.05) is 38.2 Å². The van der Waals surface area contributed by atoms with Gasteiger partial charge in [0.2, 0.25) is 0 Å². The van der Waals surface area contributed by atoms with E-state index >= 15 is 0 Å². The number of ether oxygens (including phenoxy) is 2. The smallest absolute Gasteiger partial charge is 0.262 e.